The molecule has 0 aromatic rings. The Morgan fingerprint density at radius 1 is 1.19 bits per heavy atom. The topological polar surface area (TPSA) is 79.0 Å². The third-order valence-electron chi connectivity index (χ3n) is 5.94. The fraction of sp³-hybridized carbons (Fsp3) is 0.800. The van der Waals surface area contributed by atoms with E-state index in [4.69, 9.17) is 4.74 Å². The Hall–Kier alpha value is -1.89. The smallest absolute Gasteiger partial charge is 0.333 e. The summed E-state index contributed by atoms with van der Waals surface area (Å²) in [7, 11) is 3.65. The highest BCUT2D eigenvalue weighted by atomic mass is 16.5. The van der Waals surface area contributed by atoms with Crippen LogP contribution < -0.4 is 5.32 Å². The molecule has 0 aromatic carbocycles. The van der Waals surface area contributed by atoms with Crippen molar-refractivity contribution < 1.29 is 19.1 Å². The van der Waals surface area contributed by atoms with Crippen LogP contribution in [-0.4, -0.2) is 73.5 Å². The van der Waals surface area contributed by atoms with Crippen LogP contribution in [0.4, 0.5) is 0 Å². The predicted molar refractivity (Wildman–Crippen MR) is 130 cm³/mol. The molecule has 0 bridgehead atoms. The molecule has 7 nitrogen and oxygen atoms in total. The fourth-order valence-electron chi connectivity index (χ4n) is 3.35. The van der Waals surface area contributed by atoms with Crippen LogP contribution in [0.2, 0.25) is 0 Å². The van der Waals surface area contributed by atoms with E-state index in [1.165, 1.54) is 6.42 Å². The third-order valence-corrected chi connectivity index (χ3v) is 5.94. The summed E-state index contributed by atoms with van der Waals surface area (Å²) in [5.74, 6) is -0.622. The van der Waals surface area contributed by atoms with Gasteiger partial charge in [0.25, 0.3) is 0 Å². The predicted octanol–water partition coefficient (Wildman–Crippen LogP) is 3.78. The second kappa shape index (κ2) is 15.0. The van der Waals surface area contributed by atoms with Gasteiger partial charge < -0.3 is 15.0 Å². The maximum absolute atomic E-state index is 13.2. The van der Waals surface area contributed by atoms with Crippen molar-refractivity contribution in [3.63, 3.8) is 0 Å². The fourth-order valence-corrected chi connectivity index (χ4v) is 3.35. The van der Waals surface area contributed by atoms with Crippen LogP contribution in [0.5, 0.6) is 0 Å². The van der Waals surface area contributed by atoms with Crippen molar-refractivity contribution in [2.24, 2.45) is 5.41 Å². The molecule has 0 radical (unpaired) electrons. The number of likely N-dealkylation sites (tertiary alicyclic amines) is 1. The molecule has 2 unspecified atom stereocenters. The SMILES string of the molecule is CCC.CCOC(=O)/C(C)=C/CN(C)C(=O)C(NC(=O)C1CCCCN1C)C(C)(C)CC. The van der Waals surface area contributed by atoms with E-state index in [1.54, 1.807) is 31.9 Å². The molecule has 0 aromatic heterocycles. The van der Waals surface area contributed by atoms with Crippen molar-refractivity contribution in [3.8, 4) is 0 Å². The van der Waals surface area contributed by atoms with Crippen LogP contribution in [0, 0.1) is 5.41 Å². The van der Waals surface area contributed by atoms with Gasteiger partial charge in [-0.3, -0.25) is 14.5 Å². The second-order valence-corrected chi connectivity index (χ2v) is 9.31. The van der Waals surface area contributed by atoms with Crippen molar-refractivity contribution in [2.45, 2.75) is 92.7 Å². The van der Waals surface area contributed by atoms with Gasteiger partial charge >= 0.3 is 5.97 Å². The summed E-state index contributed by atoms with van der Waals surface area (Å²) in [6.45, 7) is 15.2. The molecule has 32 heavy (non-hydrogen) atoms. The standard InChI is InChI=1S/C22H39N3O4.C3H8/c1-8-22(4,5)18(23-19(26)17-12-10-11-14-24(17)6)20(27)25(7)15-13-16(3)21(28)29-9-2;1-3-2/h13,17-18H,8-12,14-15H2,1-7H3,(H,23,26);3H2,1-2H3/b16-13+;. The molecule has 0 aliphatic carbocycles. The number of nitrogens with one attached hydrogen (secondary N) is 1. The number of ether oxygens (including phenoxy) is 1. The first kappa shape index (κ1) is 30.1. The summed E-state index contributed by atoms with van der Waals surface area (Å²) in [4.78, 5) is 41.5. The molecule has 1 N–H and O–H groups in total. The molecule has 186 valence electrons. The van der Waals surface area contributed by atoms with Gasteiger partial charge in [0.2, 0.25) is 11.8 Å². The number of likely N-dealkylation sites (N-methyl/N-ethyl adjacent to an activating group) is 2. The van der Waals surface area contributed by atoms with Crippen LogP contribution >= 0.6 is 0 Å². The number of piperidine rings is 1. The molecule has 7 heteroatoms. The lowest BCUT2D eigenvalue weighted by Crippen LogP contribution is -2.58. The van der Waals surface area contributed by atoms with E-state index in [9.17, 15) is 14.4 Å². The molecule has 1 rings (SSSR count). The van der Waals surface area contributed by atoms with Crippen molar-refractivity contribution in [2.75, 3.05) is 33.8 Å². The normalized spacial score (nSPS) is 18.2. The first-order valence-electron chi connectivity index (χ1n) is 12.1. The van der Waals surface area contributed by atoms with Gasteiger partial charge in [0.1, 0.15) is 6.04 Å². The summed E-state index contributed by atoms with van der Waals surface area (Å²) in [5.41, 5.74) is 0.0689. The summed E-state index contributed by atoms with van der Waals surface area (Å²) in [5, 5.41) is 3.04. The largest absolute Gasteiger partial charge is 0.463 e. The maximum atomic E-state index is 13.2. The van der Waals surface area contributed by atoms with Crippen molar-refractivity contribution in [1.82, 2.24) is 15.1 Å². The zero-order valence-corrected chi connectivity index (χ0v) is 21.9. The molecule has 1 heterocycles. The maximum Gasteiger partial charge on any atom is 0.333 e. The lowest BCUT2D eigenvalue weighted by Gasteiger charge is -2.38. The Kier molecular flexibility index (Phi) is 14.1. The lowest BCUT2D eigenvalue weighted by molar-refractivity contribution is -0.140. The summed E-state index contributed by atoms with van der Waals surface area (Å²) in [6, 6.07) is -0.820. The molecule has 0 saturated carbocycles. The Labute approximate surface area is 195 Å². The minimum Gasteiger partial charge on any atom is -0.463 e. The number of carbonyl (C=O) groups excluding carboxylic acids is 3. The molecule has 1 fully saturated rings. The molecule has 1 aliphatic rings. The monoisotopic (exact) mass is 453 g/mol. The Balaban J connectivity index is 0.00000302. The van der Waals surface area contributed by atoms with Crippen LogP contribution in [0.25, 0.3) is 0 Å². The first-order valence-corrected chi connectivity index (χ1v) is 12.1. The number of hydrogen-bond acceptors (Lipinski definition) is 5. The van der Waals surface area contributed by atoms with Gasteiger partial charge in [-0.2, -0.15) is 0 Å². The summed E-state index contributed by atoms with van der Waals surface area (Å²) in [6.07, 6.45) is 6.61. The van der Waals surface area contributed by atoms with Crippen molar-refractivity contribution in [3.05, 3.63) is 11.6 Å². The second-order valence-electron chi connectivity index (χ2n) is 9.31. The van der Waals surface area contributed by atoms with Crippen LogP contribution in [-0.2, 0) is 19.1 Å². The number of nitrogens with zero attached hydrogens (tertiary/aromatic N) is 2. The Morgan fingerprint density at radius 2 is 1.78 bits per heavy atom. The van der Waals surface area contributed by atoms with E-state index < -0.39 is 11.5 Å². The minimum absolute atomic E-state index is 0.0845. The quantitative estimate of drug-likeness (QED) is 0.425. The van der Waals surface area contributed by atoms with E-state index in [1.807, 2.05) is 27.8 Å². The van der Waals surface area contributed by atoms with Crippen molar-refractivity contribution >= 4 is 17.8 Å². The van der Waals surface area contributed by atoms with E-state index in [0.717, 1.165) is 32.2 Å². The zero-order valence-electron chi connectivity index (χ0n) is 21.9. The van der Waals surface area contributed by atoms with Gasteiger partial charge in [0.15, 0.2) is 0 Å². The van der Waals surface area contributed by atoms with Crippen molar-refractivity contribution in [1.29, 1.82) is 0 Å². The molecule has 2 amide bonds. The first-order chi connectivity index (χ1) is 15.0. The van der Waals surface area contributed by atoms with E-state index in [2.05, 4.69) is 24.1 Å². The molecular weight excluding hydrogens is 406 g/mol. The van der Waals surface area contributed by atoms with Crippen LogP contribution in [0.1, 0.15) is 80.6 Å². The average Bonchev–Trinajstić information content (AvgIpc) is 2.75. The van der Waals surface area contributed by atoms with Gasteiger partial charge in [-0.15, -0.1) is 0 Å². The minimum atomic E-state index is -0.628. The molecule has 1 aliphatic heterocycles. The molecule has 2 atom stereocenters. The number of esters is 1. The Morgan fingerprint density at radius 3 is 2.28 bits per heavy atom. The van der Waals surface area contributed by atoms with Gasteiger partial charge in [0, 0.05) is 19.2 Å². The number of amides is 2. The molecule has 0 spiro atoms. The van der Waals surface area contributed by atoms with Gasteiger partial charge in [-0.25, -0.2) is 4.79 Å². The highest BCUT2D eigenvalue weighted by Gasteiger charge is 2.38. The number of rotatable bonds is 9. The number of carbonyl (C=O) groups is 3. The third kappa shape index (κ3) is 9.72. The van der Waals surface area contributed by atoms with Crippen LogP contribution in [0.15, 0.2) is 11.6 Å². The molecule has 1 saturated heterocycles. The number of hydrogen-bond donors (Lipinski definition) is 1. The van der Waals surface area contributed by atoms with E-state index >= 15 is 0 Å². The highest BCUT2D eigenvalue weighted by Crippen LogP contribution is 2.27. The van der Waals surface area contributed by atoms with Gasteiger partial charge in [-0.1, -0.05) is 53.5 Å². The van der Waals surface area contributed by atoms with Crippen LogP contribution in [0.3, 0.4) is 0 Å². The van der Waals surface area contributed by atoms with Gasteiger partial charge in [0.05, 0.1) is 12.6 Å². The summed E-state index contributed by atoms with van der Waals surface area (Å²) < 4.78 is 4.97. The van der Waals surface area contributed by atoms with E-state index in [-0.39, 0.29) is 30.4 Å². The zero-order chi connectivity index (χ0) is 24.9. The van der Waals surface area contributed by atoms with E-state index in [0.29, 0.717) is 12.2 Å². The Bertz CT molecular complexity index is 631. The summed E-state index contributed by atoms with van der Waals surface area (Å²) >= 11 is 0. The van der Waals surface area contributed by atoms with Gasteiger partial charge in [-0.05, 0) is 52.1 Å². The lowest BCUT2D eigenvalue weighted by atomic mass is 9.80. The average molecular weight is 454 g/mol. The molecular formula is C25H47N3O4. The highest BCUT2D eigenvalue weighted by molar-refractivity contribution is 5.91.